The Labute approximate surface area is 121 Å². The van der Waals surface area contributed by atoms with E-state index in [0.29, 0.717) is 5.56 Å². The summed E-state index contributed by atoms with van der Waals surface area (Å²) in [6.07, 6.45) is 3.07. The fraction of sp³-hybridized carbons (Fsp3) is 0.286. The fourth-order valence-corrected chi connectivity index (χ4v) is 1.58. The molecule has 0 heterocycles. The molecule has 0 radical (unpaired) electrons. The number of carbonyl (C=O) groups excluding carboxylic acids is 2. The van der Waals surface area contributed by atoms with Gasteiger partial charge in [0.2, 0.25) is 0 Å². The van der Waals surface area contributed by atoms with E-state index in [9.17, 15) is 19.7 Å². The highest BCUT2D eigenvalue weighted by Crippen LogP contribution is 2.19. The van der Waals surface area contributed by atoms with Crippen molar-refractivity contribution in [1.29, 1.82) is 0 Å². The van der Waals surface area contributed by atoms with Gasteiger partial charge in [0.25, 0.3) is 5.69 Å². The number of nitro benzene ring substituents is 1. The molecule has 21 heavy (non-hydrogen) atoms. The van der Waals surface area contributed by atoms with E-state index in [4.69, 9.17) is 4.74 Å². The summed E-state index contributed by atoms with van der Waals surface area (Å²) in [5.41, 5.74) is 0.269. The van der Waals surface area contributed by atoms with Crippen LogP contribution in [0.2, 0.25) is 0 Å². The van der Waals surface area contributed by atoms with Gasteiger partial charge in [-0.15, -0.1) is 0 Å². The second-order valence-electron chi connectivity index (χ2n) is 3.97. The van der Waals surface area contributed by atoms with Crippen LogP contribution in [-0.4, -0.2) is 30.6 Å². The predicted octanol–water partition coefficient (Wildman–Crippen LogP) is 2.35. The second kappa shape index (κ2) is 7.78. The topological polar surface area (TPSA) is 95.7 Å². The Morgan fingerprint density at radius 1 is 1.33 bits per heavy atom. The second-order valence-corrected chi connectivity index (χ2v) is 3.97. The smallest absolute Gasteiger partial charge is 0.338 e. The van der Waals surface area contributed by atoms with Crippen molar-refractivity contribution in [2.45, 2.75) is 13.3 Å². The Morgan fingerprint density at radius 3 is 2.62 bits per heavy atom. The number of rotatable bonds is 6. The lowest BCUT2D eigenvalue weighted by Gasteiger charge is -2.02. The average molecular weight is 293 g/mol. The molecule has 0 saturated carbocycles. The lowest BCUT2D eigenvalue weighted by atomic mass is 10.1. The van der Waals surface area contributed by atoms with Crippen molar-refractivity contribution in [2.75, 3.05) is 13.7 Å². The highest BCUT2D eigenvalue weighted by molar-refractivity contribution is 5.91. The molecule has 0 fully saturated rings. The number of ether oxygens (including phenoxy) is 2. The number of non-ortho nitro benzene ring substituents is 1. The number of nitro groups is 1. The van der Waals surface area contributed by atoms with Crippen LogP contribution < -0.4 is 0 Å². The molecule has 0 aliphatic carbocycles. The summed E-state index contributed by atoms with van der Waals surface area (Å²) in [6, 6.07) is 3.88. The van der Waals surface area contributed by atoms with E-state index in [0.717, 1.165) is 6.07 Å². The average Bonchev–Trinajstić information content (AvgIpc) is 2.46. The number of hydrogen-bond donors (Lipinski definition) is 0. The molecule has 0 atom stereocenters. The van der Waals surface area contributed by atoms with Crippen LogP contribution in [-0.2, 0) is 14.3 Å². The summed E-state index contributed by atoms with van der Waals surface area (Å²) < 4.78 is 9.29. The predicted molar refractivity (Wildman–Crippen MR) is 74.7 cm³/mol. The Morgan fingerprint density at radius 2 is 2.05 bits per heavy atom. The first kappa shape index (κ1) is 16.4. The zero-order valence-corrected chi connectivity index (χ0v) is 11.7. The van der Waals surface area contributed by atoms with E-state index >= 15 is 0 Å². The van der Waals surface area contributed by atoms with Gasteiger partial charge in [-0.1, -0.05) is 12.2 Å². The van der Waals surface area contributed by atoms with Gasteiger partial charge in [0.05, 0.1) is 30.6 Å². The summed E-state index contributed by atoms with van der Waals surface area (Å²) in [7, 11) is 1.19. The normalized spacial score (nSPS) is 10.4. The molecule has 0 amide bonds. The maximum absolute atomic E-state index is 11.5. The maximum Gasteiger partial charge on any atom is 0.338 e. The molecule has 0 saturated heterocycles. The zero-order valence-electron chi connectivity index (χ0n) is 11.7. The van der Waals surface area contributed by atoms with E-state index in [1.807, 2.05) is 0 Å². The molecule has 0 aromatic heterocycles. The highest BCUT2D eigenvalue weighted by Gasteiger charge is 2.13. The monoisotopic (exact) mass is 293 g/mol. The molecule has 0 spiro atoms. The minimum Gasteiger partial charge on any atom is -0.466 e. The van der Waals surface area contributed by atoms with Crippen molar-refractivity contribution in [3.63, 3.8) is 0 Å². The van der Waals surface area contributed by atoms with Crippen LogP contribution in [0.1, 0.15) is 29.3 Å². The largest absolute Gasteiger partial charge is 0.466 e. The molecule has 0 unspecified atom stereocenters. The van der Waals surface area contributed by atoms with Gasteiger partial charge in [-0.05, 0) is 18.6 Å². The van der Waals surface area contributed by atoms with Gasteiger partial charge < -0.3 is 9.47 Å². The minimum absolute atomic E-state index is 0.0457. The first-order valence-corrected chi connectivity index (χ1v) is 6.18. The zero-order chi connectivity index (χ0) is 15.8. The standard InChI is InChI=1S/C14H15NO6/c1-3-21-13(16)6-4-5-10-7-11(14(17)20-2)9-12(8-10)15(18)19/h4-5,7-9H,3,6H2,1-2H3. The molecule has 0 N–H and O–H groups in total. The quantitative estimate of drug-likeness (QED) is 0.454. The Balaban J connectivity index is 2.98. The van der Waals surface area contributed by atoms with Crippen molar-refractivity contribution in [3.05, 3.63) is 45.5 Å². The van der Waals surface area contributed by atoms with Crippen molar-refractivity contribution in [1.82, 2.24) is 0 Å². The highest BCUT2D eigenvalue weighted by atomic mass is 16.6. The summed E-state index contributed by atoms with van der Waals surface area (Å²) in [5.74, 6) is -1.06. The number of hydrogen-bond acceptors (Lipinski definition) is 6. The van der Waals surface area contributed by atoms with Gasteiger partial charge in [-0.3, -0.25) is 14.9 Å². The van der Waals surface area contributed by atoms with Crippen molar-refractivity contribution in [3.8, 4) is 0 Å². The molecular formula is C14H15NO6. The van der Waals surface area contributed by atoms with Gasteiger partial charge >= 0.3 is 11.9 Å². The summed E-state index contributed by atoms with van der Waals surface area (Å²) in [6.45, 7) is 1.99. The number of carbonyl (C=O) groups is 2. The molecule has 7 nitrogen and oxygen atoms in total. The third kappa shape index (κ3) is 5.06. The lowest BCUT2D eigenvalue weighted by molar-refractivity contribution is -0.384. The lowest BCUT2D eigenvalue weighted by Crippen LogP contribution is -2.03. The Hall–Kier alpha value is -2.70. The first-order chi connectivity index (χ1) is 9.97. The number of benzene rings is 1. The third-order valence-corrected chi connectivity index (χ3v) is 2.47. The molecule has 0 aliphatic rings. The van der Waals surface area contributed by atoms with Crippen molar-refractivity contribution >= 4 is 23.7 Å². The Bertz CT molecular complexity index is 579. The SMILES string of the molecule is CCOC(=O)CC=Cc1cc(C(=O)OC)cc([N+](=O)[O-])c1. The van der Waals surface area contributed by atoms with Gasteiger partial charge in [0.1, 0.15) is 0 Å². The molecule has 1 rings (SSSR count). The van der Waals surface area contributed by atoms with Crippen LogP contribution in [0, 0.1) is 10.1 Å². The van der Waals surface area contributed by atoms with E-state index in [1.165, 1.54) is 31.4 Å². The Kier molecular flexibility index (Phi) is 6.06. The number of methoxy groups -OCH3 is 1. The number of esters is 2. The molecule has 1 aromatic rings. The van der Waals surface area contributed by atoms with Gasteiger partial charge in [0.15, 0.2) is 0 Å². The summed E-state index contributed by atoms with van der Waals surface area (Å²) >= 11 is 0. The molecular weight excluding hydrogens is 278 g/mol. The van der Waals surface area contributed by atoms with Crippen LogP contribution in [0.4, 0.5) is 5.69 Å². The molecule has 112 valence electrons. The molecule has 7 heteroatoms. The first-order valence-electron chi connectivity index (χ1n) is 6.18. The van der Waals surface area contributed by atoms with Crippen LogP contribution in [0.25, 0.3) is 6.08 Å². The van der Waals surface area contributed by atoms with E-state index < -0.39 is 16.9 Å². The van der Waals surface area contributed by atoms with E-state index in [1.54, 1.807) is 6.92 Å². The molecule has 1 aromatic carbocycles. The van der Waals surface area contributed by atoms with Gasteiger partial charge in [0, 0.05) is 12.1 Å². The van der Waals surface area contributed by atoms with Crippen LogP contribution in [0.15, 0.2) is 24.3 Å². The fourth-order valence-electron chi connectivity index (χ4n) is 1.58. The van der Waals surface area contributed by atoms with Crippen LogP contribution >= 0.6 is 0 Å². The van der Waals surface area contributed by atoms with E-state index in [-0.39, 0.29) is 24.3 Å². The summed E-state index contributed by atoms with van der Waals surface area (Å²) in [4.78, 5) is 32.9. The number of nitrogens with zero attached hydrogens (tertiary/aromatic N) is 1. The maximum atomic E-state index is 11.5. The molecule has 0 bridgehead atoms. The summed E-state index contributed by atoms with van der Waals surface area (Å²) in [5, 5.41) is 10.8. The van der Waals surface area contributed by atoms with Crippen molar-refractivity contribution < 1.29 is 24.0 Å². The third-order valence-electron chi connectivity index (χ3n) is 2.47. The van der Waals surface area contributed by atoms with Gasteiger partial charge in [-0.25, -0.2) is 4.79 Å². The van der Waals surface area contributed by atoms with E-state index in [2.05, 4.69) is 4.74 Å². The molecule has 0 aliphatic heterocycles. The van der Waals surface area contributed by atoms with Crippen LogP contribution in [0.5, 0.6) is 0 Å². The van der Waals surface area contributed by atoms with Gasteiger partial charge in [-0.2, -0.15) is 0 Å². The van der Waals surface area contributed by atoms with Crippen LogP contribution in [0.3, 0.4) is 0 Å². The minimum atomic E-state index is -0.668. The van der Waals surface area contributed by atoms with Crippen molar-refractivity contribution in [2.24, 2.45) is 0 Å².